The van der Waals surface area contributed by atoms with E-state index < -0.39 is 5.60 Å². The highest BCUT2D eigenvalue weighted by Gasteiger charge is 2.22. The van der Waals surface area contributed by atoms with E-state index in [0.29, 0.717) is 30.6 Å². The van der Waals surface area contributed by atoms with Crippen molar-refractivity contribution in [1.29, 1.82) is 0 Å². The molecule has 0 aliphatic rings. The van der Waals surface area contributed by atoms with Crippen molar-refractivity contribution in [2.75, 3.05) is 0 Å². The largest absolute Gasteiger partial charge is 0.456 e. The zero-order valence-electron chi connectivity index (χ0n) is 15.9. The zero-order chi connectivity index (χ0) is 18.7. The molecule has 3 aromatic heterocycles. The molecule has 26 heavy (non-hydrogen) atoms. The summed E-state index contributed by atoms with van der Waals surface area (Å²) in [5, 5.41) is 19.0. The van der Waals surface area contributed by atoms with Gasteiger partial charge >= 0.3 is 0 Å². The Morgan fingerprint density at radius 1 is 1.31 bits per heavy atom. The number of furan rings is 1. The summed E-state index contributed by atoms with van der Waals surface area (Å²) in [6.45, 7) is 8.78. The summed E-state index contributed by atoms with van der Waals surface area (Å²) in [6, 6.07) is 5.70. The number of nitrogens with zero attached hydrogens (tertiary/aromatic N) is 5. The fraction of sp³-hybridized carbons (Fsp3) is 0.526. The third-order valence-electron chi connectivity index (χ3n) is 4.24. The molecule has 3 heterocycles. The minimum Gasteiger partial charge on any atom is -0.456 e. The molecule has 0 spiro atoms. The maximum atomic E-state index is 10.2. The van der Waals surface area contributed by atoms with Crippen LogP contribution in [0.1, 0.15) is 45.7 Å². The Labute approximate surface area is 153 Å². The van der Waals surface area contributed by atoms with Gasteiger partial charge in [0.2, 0.25) is 0 Å². The van der Waals surface area contributed by atoms with E-state index in [1.54, 1.807) is 29.4 Å². The molecule has 0 aromatic carbocycles. The van der Waals surface area contributed by atoms with Gasteiger partial charge in [-0.3, -0.25) is 4.68 Å². The van der Waals surface area contributed by atoms with Crippen LogP contribution >= 0.6 is 0 Å². The summed E-state index contributed by atoms with van der Waals surface area (Å²) in [5.41, 5.74) is -0.888. The first-order valence-electron chi connectivity index (χ1n) is 9.06. The molecule has 0 aliphatic carbocycles. The Bertz CT molecular complexity index is 827. The van der Waals surface area contributed by atoms with Gasteiger partial charge in [-0.2, -0.15) is 10.2 Å². The van der Waals surface area contributed by atoms with Crippen molar-refractivity contribution in [2.45, 2.75) is 59.2 Å². The molecule has 0 amide bonds. The predicted molar refractivity (Wildman–Crippen MR) is 98.5 cm³/mol. The lowest BCUT2D eigenvalue weighted by molar-refractivity contribution is 0.0579. The van der Waals surface area contributed by atoms with Crippen LogP contribution in [0.5, 0.6) is 0 Å². The fourth-order valence-corrected chi connectivity index (χ4v) is 2.73. The minimum absolute atomic E-state index is 0.352. The molecule has 0 bridgehead atoms. The van der Waals surface area contributed by atoms with E-state index in [2.05, 4.69) is 29.0 Å². The molecular formula is C19H27N5O2. The molecule has 140 valence electrons. The lowest BCUT2D eigenvalue weighted by Gasteiger charge is -2.17. The second kappa shape index (κ2) is 7.45. The van der Waals surface area contributed by atoms with Crippen molar-refractivity contribution in [3.05, 3.63) is 42.2 Å². The van der Waals surface area contributed by atoms with Gasteiger partial charge in [-0.15, -0.1) is 0 Å². The monoisotopic (exact) mass is 357 g/mol. The normalized spacial score (nSPS) is 13.3. The topological polar surface area (TPSA) is 81.9 Å². The predicted octanol–water partition coefficient (Wildman–Crippen LogP) is 3.14. The molecule has 0 radical (unpaired) electrons. The summed E-state index contributed by atoms with van der Waals surface area (Å²) >= 11 is 0. The number of hydrogen-bond acceptors (Lipinski definition) is 5. The van der Waals surface area contributed by atoms with Crippen LogP contribution in [0.15, 0.2) is 35.0 Å². The number of aliphatic hydroxyl groups is 1. The maximum Gasteiger partial charge on any atom is 0.194 e. The Morgan fingerprint density at radius 2 is 2.12 bits per heavy atom. The van der Waals surface area contributed by atoms with Gasteiger partial charge in [-0.1, -0.05) is 20.3 Å². The molecule has 1 N–H and O–H groups in total. The Hall–Kier alpha value is -2.41. The van der Waals surface area contributed by atoms with Crippen LogP contribution in [0.2, 0.25) is 0 Å². The average molecular weight is 357 g/mol. The van der Waals surface area contributed by atoms with E-state index in [1.807, 2.05) is 24.4 Å². The van der Waals surface area contributed by atoms with Gasteiger partial charge in [-0.25, -0.2) is 9.67 Å². The molecule has 0 unspecified atom stereocenters. The second-order valence-electron chi connectivity index (χ2n) is 7.51. The van der Waals surface area contributed by atoms with E-state index >= 15 is 0 Å². The minimum atomic E-state index is -0.888. The van der Waals surface area contributed by atoms with Crippen molar-refractivity contribution in [2.24, 2.45) is 5.92 Å². The summed E-state index contributed by atoms with van der Waals surface area (Å²) in [4.78, 5) is 4.69. The van der Waals surface area contributed by atoms with E-state index in [-0.39, 0.29) is 0 Å². The first-order chi connectivity index (χ1) is 12.3. The molecule has 0 saturated heterocycles. The summed E-state index contributed by atoms with van der Waals surface area (Å²) in [6.07, 6.45) is 5.52. The molecule has 0 fully saturated rings. The van der Waals surface area contributed by atoms with Crippen LogP contribution in [0.3, 0.4) is 0 Å². The molecule has 0 saturated carbocycles. The highest BCUT2D eigenvalue weighted by molar-refractivity contribution is 5.47. The maximum absolute atomic E-state index is 10.2. The number of aromatic nitrogens is 5. The number of hydrogen-bond donors (Lipinski definition) is 1. The molecule has 3 aromatic rings. The molecule has 0 aliphatic heterocycles. The van der Waals surface area contributed by atoms with Gasteiger partial charge in [-0.05, 0) is 38.0 Å². The number of rotatable bonds is 8. The van der Waals surface area contributed by atoms with Crippen molar-refractivity contribution in [1.82, 2.24) is 24.5 Å². The van der Waals surface area contributed by atoms with Gasteiger partial charge in [0.05, 0.1) is 18.7 Å². The molecule has 7 nitrogen and oxygen atoms in total. The van der Waals surface area contributed by atoms with Gasteiger partial charge in [0.1, 0.15) is 5.76 Å². The van der Waals surface area contributed by atoms with E-state index in [0.717, 1.165) is 24.4 Å². The van der Waals surface area contributed by atoms with Gasteiger partial charge < -0.3 is 9.52 Å². The lowest BCUT2D eigenvalue weighted by atomic mass is 10.1. The van der Waals surface area contributed by atoms with E-state index in [1.165, 1.54) is 0 Å². The second-order valence-corrected chi connectivity index (χ2v) is 7.51. The summed E-state index contributed by atoms with van der Waals surface area (Å²) < 4.78 is 9.53. The quantitative estimate of drug-likeness (QED) is 0.670. The van der Waals surface area contributed by atoms with Gasteiger partial charge in [0.25, 0.3) is 0 Å². The van der Waals surface area contributed by atoms with Crippen LogP contribution < -0.4 is 0 Å². The molecular weight excluding hydrogens is 330 g/mol. The van der Waals surface area contributed by atoms with Crippen molar-refractivity contribution < 1.29 is 9.52 Å². The fourth-order valence-electron chi connectivity index (χ4n) is 2.73. The Morgan fingerprint density at radius 3 is 2.77 bits per heavy atom. The molecule has 1 atom stereocenters. The van der Waals surface area contributed by atoms with Gasteiger partial charge in [0.15, 0.2) is 17.4 Å². The third-order valence-corrected chi connectivity index (χ3v) is 4.24. The summed E-state index contributed by atoms with van der Waals surface area (Å²) in [7, 11) is 0. The summed E-state index contributed by atoms with van der Waals surface area (Å²) in [5.74, 6) is 3.39. The van der Waals surface area contributed by atoms with E-state index in [9.17, 15) is 5.11 Å². The van der Waals surface area contributed by atoms with Crippen LogP contribution in [-0.4, -0.2) is 35.3 Å². The van der Waals surface area contributed by atoms with Crippen molar-refractivity contribution in [3.8, 4) is 11.6 Å². The Balaban J connectivity index is 1.88. The van der Waals surface area contributed by atoms with Crippen LogP contribution in [-0.2, 0) is 19.5 Å². The van der Waals surface area contributed by atoms with Gasteiger partial charge in [0, 0.05) is 18.8 Å². The highest BCUT2D eigenvalue weighted by atomic mass is 16.3. The molecule has 7 heteroatoms. The van der Waals surface area contributed by atoms with Crippen molar-refractivity contribution >= 4 is 0 Å². The third kappa shape index (κ3) is 4.60. The smallest absolute Gasteiger partial charge is 0.194 e. The SMILES string of the molecule is CC[C@H](C)Cc1nc(-c2ccc(Cn3cccn3)o2)n(CC(C)(C)O)n1. The lowest BCUT2D eigenvalue weighted by Crippen LogP contribution is -2.27. The Kier molecular flexibility index (Phi) is 5.27. The molecule has 3 rings (SSSR count). The first kappa shape index (κ1) is 18.4. The highest BCUT2D eigenvalue weighted by Crippen LogP contribution is 2.23. The van der Waals surface area contributed by atoms with E-state index in [4.69, 9.17) is 4.42 Å². The standard InChI is InChI=1S/C19H27N5O2/c1-5-14(2)11-17-21-18(24(22-17)13-19(3,4)25)16-8-7-15(26-16)12-23-10-6-9-20-23/h6-10,14,25H,5,11-13H2,1-4H3/t14-/m0/s1. The van der Waals surface area contributed by atoms with Crippen LogP contribution in [0.4, 0.5) is 0 Å². The first-order valence-corrected chi connectivity index (χ1v) is 9.06. The van der Waals surface area contributed by atoms with Crippen molar-refractivity contribution in [3.63, 3.8) is 0 Å². The zero-order valence-corrected chi connectivity index (χ0v) is 15.9. The van der Waals surface area contributed by atoms with Crippen LogP contribution in [0.25, 0.3) is 11.6 Å². The average Bonchev–Trinajstić information content (AvgIpc) is 3.28. The van der Waals surface area contributed by atoms with Crippen LogP contribution in [0, 0.1) is 5.92 Å².